The van der Waals surface area contributed by atoms with Gasteiger partial charge >= 0.3 is 0 Å². The van der Waals surface area contributed by atoms with Crippen LogP contribution in [0.25, 0.3) is 6.08 Å². The molecule has 8 heteroatoms. The molecular formula is C23H31N5O3. The summed E-state index contributed by atoms with van der Waals surface area (Å²) in [6.45, 7) is 7.55. The number of aliphatic hydroxyl groups is 1. The highest BCUT2D eigenvalue weighted by atomic mass is 16.5. The van der Waals surface area contributed by atoms with Crippen LogP contribution >= 0.6 is 0 Å². The lowest BCUT2D eigenvalue weighted by Gasteiger charge is -2.37. The number of hydrogen-bond donors (Lipinski definition) is 1. The van der Waals surface area contributed by atoms with E-state index >= 15 is 0 Å². The van der Waals surface area contributed by atoms with Gasteiger partial charge in [0.05, 0.1) is 12.6 Å². The Bertz CT molecular complexity index is 905. The van der Waals surface area contributed by atoms with E-state index in [0.717, 1.165) is 11.1 Å². The molecule has 0 spiro atoms. The van der Waals surface area contributed by atoms with Gasteiger partial charge in [0.1, 0.15) is 18.0 Å². The summed E-state index contributed by atoms with van der Waals surface area (Å²) >= 11 is 0. The van der Waals surface area contributed by atoms with Crippen LogP contribution in [-0.4, -0.2) is 74.7 Å². The van der Waals surface area contributed by atoms with E-state index in [2.05, 4.69) is 26.8 Å². The van der Waals surface area contributed by atoms with Gasteiger partial charge in [-0.15, -0.1) is 0 Å². The molecule has 0 saturated carbocycles. The van der Waals surface area contributed by atoms with E-state index in [1.54, 1.807) is 29.6 Å². The quantitative estimate of drug-likeness (QED) is 0.727. The van der Waals surface area contributed by atoms with Gasteiger partial charge in [-0.1, -0.05) is 19.1 Å². The standard InChI is InChI=1S/C23H31N5O3/c1-5-6-18-7-20-22(26-10-18)31-21(13-27(4)12-19-8-24-15-25-9-19)16(2)11-28(23(20)30)17(3)14-29/h5-10,15-17,21,29H,11-14H2,1-4H3/b6-5+/t16-,17-,21-/m0/s1. The molecule has 1 aliphatic rings. The Labute approximate surface area is 183 Å². The molecule has 1 aliphatic heterocycles. The second-order valence-electron chi connectivity index (χ2n) is 8.19. The highest BCUT2D eigenvalue weighted by Crippen LogP contribution is 2.27. The summed E-state index contributed by atoms with van der Waals surface area (Å²) in [4.78, 5) is 29.8. The number of aromatic nitrogens is 3. The molecule has 3 atom stereocenters. The predicted octanol–water partition coefficient (Wildman–Crippen LogP) is 2.26. The van der Waals surface area contributed by atoms with Gasteiger partial charge in [-0.05, 0) is 32.5 Å². The SMILES string of the molecule is C/C=C/c1cnc2c(c1)C(=O)N([C@@H](C)CO)C[C@H](C)[C@H](CN(C)Cc1cncnc1)O2. The van der Waals surface area contributed by atoms with Gasteiger partial charge in [0, 0.05) is 49.7 Å². The molecule has 166 valence electrons. The molecule has 0 aliphatic carbocycles. The minimum Gasteiger partial charge on any atom is -0.472 e. The molecule has 0 radical (unpaired) electrons. The number of ether oxygens (including phenoxy) is 1. The molecule has 2 aromatic rings. The van der Waals surface area contributed by atoms with Crippen molar-refractivity contribution in [3.8, 4) is 5.88 Å². The maximum atomic E-state index is 13.3. The summed E-state index contributed by atoms with van der Waals surface area (Å²) in [6.07, 6.45) is 10.4. The number of carbonyl (C=O) groups is 1. The number of amides is 1. The van der Waals surface area contributed by atoms with Gasteiger partial charge in [0.25, 0.3) is 5.91 Å². The Hall–Kier alpha value is -2.84. The number of nitrogens with zero attached hydrogens (tertiary/aromatic N) is 5. The van der Waals surface area contributed by atoms with Crippen LogP contribution in [0.5, 0.6) is 5.88 Å². The topological polar surface area (TPSA) is 91.7 Å². The lowest BCUT2D eigenvalue weighted by atomic mass is 9.99. The van der Waals surface area contributed by atoms with E-state index in [-0.39, 0.29) is 30.6 Å². The average molecular weight is 426 g/mol. The summed E-state index contributed by atoms with van der Waals surface area (Å²) in [5.41, 5.74) is 2.27. The van der Waals surface area contributed by atoms with Gasteiger partial charge in [0.15, 0.2) is 0 Å². The third-order valence-corrected chi connectivity index (χ3v) is 5.46. The van der Waals surface area contributed by atoms with Gasteiger partial charge < -0.3 is 14.7 Å². The second kappa shape index (κ2) is 10.5. The first-order valence-electron chi connectivity index (χ1n) is 10.6. The normalized spacial score (nSPS) is 20.3. The second-order valence-corrected chi connectivity index (χ2v) is 8.19. The maximum absolute atomic E-state index is 13.3. The Kier molecular flexibility index (Phi) is 7.70. The number of carbonyl (C=O) groups excluding carboxylic acids is 1. The van der Waals surface area contributed by atoms with E-state index in [1.165, 1.54) is 6.33 Å². The van der Waals surface area contributed by atoms with Crippen LogP contribution in [-0.2, 0) is 6.54 Å². The molecule has 8 nitrogen and oxygen atoms in total. The zero-order valence-electron chi connectivity index (χ0n) is 18.6. The number of pyridine rings is 1. The summed E-state index contributed by atoms with van der Waals surface area (Å²) in [6, 6.07) is 1.51. The van der Waals surface area contributed by atoms with E-state index < -0.39 is 0 Å². The number of aliphatic hydroxyl groups excluding tert-OH is 1. The van der Waals surface area contributed by atoms with Gasteiger partial charge in [-0.25, -0.2) is 15.0 Å². The minimum atomic E-state index is -0.300. The third-order valence-electron chi connectivity index (χ3n) is 5.46. The number of fused-ring (bicyclic) bond motifs is 1. The van der Waals surface area contributed by atoms with Crippen molar-refractivity contribution in [2.75, 3.05) is 26.7 Å². The van der Waals surface area contributed by atoms with Crippen LogP contribution in [0.1, 0.15) is 42.3 Å². The van der Waals surface area contributed by atoms with E-state index in [4.69, 9.17) is 4.74 Å². The lowest BCUT2D eigenvalue weighted by molar-refractivity contribution is 0.0325. The number of hydrogen-bond acceptors (Lipinski definition) is 7. The Morgan fingerprint density at radius 3 is 2.77 bits per heavy atom. The van der Waals surface area contributed by atoms with Crippen molar-refractivity contribution in [2.24, 2.45) is 5.92 Å². The third kappa shape index (κ3) is 5.65. The predicted molar refractivity (Wildman–Crippen MR) is 118 cm³/mol. The molecule has 2 aromatic heterocycles. The van der Waals surface area contributed by atoms with Crippen molar-refractivity contribution in [2.45, 2.75) is 39.5 Å². The molecule has 0 aromatic carbocycles. The molecule has 31 heavy (non-hydrogen) atoms. The number of rotatable bonds is 7. The van der Waals surface area contributed by atoms with Crippen LogP contribution in [0.3, 0.4) is 0 Å². The van der Waals surface area contributed by atoms with Crippen LogP contribution in [0.4, 0.5) is 0 Å². The summed E-state index contributed by atoms with van der Waals surface area (Å²) in [7, 11) is 2.02. The maximum Gasteiger partial charge on any atom is 0.259 e. The van der Waals surface area contributed by atoms with Crippen molar-refractivity contribution >= 4 is 12.0 Å². The van der Waals surface area contributed by atoms with Crippen molar-refractivity contribution in [1.82, 2.24) is 24.8 Å². The Morgan fingerprint density at radius 1 is 1.35 bits per heavy atom. The smallest absolute Gasteiger partial charge is 0.259 e. The molecule has 3 rings (SSSR count). The molecule has 0 unspecified atom stereocenters. The van der Waals surface area contributed by atoms with Crippen LogP contribution < -0.4 is 4.74 Å². The molecule has 1 amide bonds. The lowest BCUT2D eigenvalue weighted by Crippen LogP contribution is -2.49. The summed E-state index contributed by atoms with van der Waals surface area (Å²) in [5.74, 6) is 0.203. The van der Waals surface area contributed by atoms with Crippen molar-refractivity contribution < 1.29 is 14.6 Å². The van der Waals surface area contributed by atoms with Gasteiger partial charge in [-0.3, -0.25) is 9.69 Å². The first kappa shape index (κ1) is 22.8. The highest BCUT2D eigenvalue weighted by Gasteiger charge is 2.34. The monoisotopic (exact) mass is 425 g/mol. The molecular weight excluding hydrogens is 394 g/mol. The zero-order chi connectivity index (χ0) is 22.4. The molecule has 1 N–H and O–H groups in total. The number of likely N-dealkylation sites (N-methyl/N-ethyl adjacent to an activating group) is 1. The van der Waals surface area contributed by atoms with Crippen LogP contribution in [0, 0.1) is 5.92 Å². The van der Waals surface area contributed by atoms with Gasteiger partial charge in [0.2, 0.25) is 5.88 Å². The van der Waals surface area contributed by atoms with Gasteiger partial charge in [-0.2, -0.15) is 0 Å². The first-order valence-corrected chi connectivity index (χ1v) is 10.6. The van der Waals surface area contributed by atoms with Crippen LogP contribution in [0.15, 0.2) is 37.1 Å². The molecule has 3 heterocycles. The Balaban J connectivity index is 1.89. The largest absolute Gasteiger partial charge is 0.472 e. The van der Waals surface area contributed by atoms with E-state index in [9.17, 15) is 9.90 Å². The highest BCUT2D eigenvalue weighted by molar-refractivity contribution is 5.97. The zero-order valence-corrected chi connectivity index (χ0v) is 18.6. The Morgan fingerprint density at radius 2 is 2.10 bits per heavy atom. The van der Waals surface area contributed by atoms with Crippen molar-refractivity contribution in [1.29, 1.82) is 0 Å². The molecule has 0 saturated heterocycles. The van der Waals surface area contributed by atoms with E-state index in [0.29, 0.717) is 31.1 Å². The van der Waals surface area contributed by atoms with Crippen molar-refractivity contribution in [3.05, 3.63) is 53.8 Å². The van der Waals surface area contributed by atoms with Crippen molar-refractivity contribution in [3.63, 3.8) is 0 Å². The number of allylic oxidation sites excluding steroid dienone is 1. The molecule has 0 bridgehead atoms. The van der Waals surface area contributed by atoms with Crippen LogP contribution in [0.2, 0.25) is 0 Å². The van der Waals surface area contributed by atoms with E-state index in [1.807, 2.05) is 33.0 Å². The molecule has 0 fully saturated rings. The average Bonchev–Trinajstić information content (AvgIpc) is 2.77. The fraction of sp³-hybridized carbons (Fsp3) is 0.478. The summed E-state index contributed by atoms with van der Waals surface area (Å²) < 4.78 is 6.30. The fourth-order valence-electron chi connectivity index (χ4n) is 3.71. The first-order chi connectivity index (χ1) is 14.9. The fourth-order valence-corrected chi connectivity index (χ4v) is 3.71. The summed E-state index contributed by atoms with van der Waals surface area (Å²) in [5, 5.41) is 9.74. The minimum absolute atomic E-state index is 0.0394.